The molecule has 3 amide bonds. The zero-order valence-corrected chi connectivity index (χ0v) is 16.0. The van der Waals surface area contributed by atoms with Crippen molar-refractivity contribution in [2.45, 2.75) is 27.0 Å². The predicted molar refractivity (Wildman–Crippen MR) is 102 cm³/mol. The molecule has 0 fully saturated rings. The molecule has 0 radical (unpaired) electrons. The third-order valence-electron chi connectivity index (χ3n) is 3.90. The Balaban J connectivity index is 1.80. The molecule has 0 atom stereocenters. The molecule has 2 N–H and O–H groups in total. The third-order valence-corrected chi connectivity index (χ3v) is 3.90. The molecule has 150 valence electrons. The van der Waals surface area contributed by atoms with Crippen molar-refractivity contribution in [3.63, 3.8) is 0 Å². The highest BCUT2D eigenvalue weighted by Crippen LogP contribution is 2.16. The van der Waals surface area contributed by atoms with E-state index < -0.39 is 18.5 Å². The third kappa shape index (κ3) is 6.96. The van der Waals surface area contributed by atoms with Crippen LogP contribution in [-0.2, 0) is 11.3 Å². The average molecular weight is 391 g/mol. The summed E-state index contributed by atoms with van der Waals surface area (Å²) in [4.78, 5) is 25.7. The van der Waals surface area contributed by atoms with Crippen LogP contribution < -0.4 is 15.4 Å². The van der Waals surface area contributed by atoms with Gasteiger partial charge in [0.2, 0.25) is 5.91 Å². The fourth-order valence-electron chi connectivity index (χ4n) is 2.66. The highest BCUT2D eigenvalue weighted by molar-refractivity contribution is 6.02. The van der Waals surface area contributed by atoms with Gasteiger partial charge in [-0.05, 0) is 50.2 Å². The van der Waals surface area contributed by atoms with Gasteiger partial charge >= 0.3 is 12.6 Å². The lowest BCUT2D eigenvalue weighted by molar-refractivity contribution is -0.120. The first-order valence-electron chi connectivity index (χ1n) is 8.63. The topological polar surface area (TPSA) is 70.7 Å². The first kappa shape index (κ1) is 21.3. The lowest BCUT2D eigenvalue weighted by Gasteiger charge is -2.17. The van der Waals surface area contributed by atoms with Crippen LogP contribution in [0.25, 0.3) is 0 Å². The molecule has 0 aliphatic carbocycles. The Morgan fingerprint density at radius 2 is 1.79 bits per heavy atom. The largest absolute Gasteiger partial charge is 0.435 e. The molecule has 0 saturated carbocycles. The minimum Gasteiger partial charge on any atom is -0.435 e. The van der Waals surface area contributed by atoms with E-state index in [1.165, 1.54) is 12.1 Å². The Morgan fingerprint density at radius 1 is 1.11 bits per heavy atom. The van der Waals surface area contributed by atoms with Crippen molar-refractivity contribution in [1.29, 1.82) is 0 Å². The molecule has 0 aliphatic heterocycles. The summed E-state index contributed by atoms with van der Waals surface area (Å²) in [5.74, 6) is -0.385. The van der Waals surface area contributed by atoms with Crippen LogP contribution in [0.5, 0.6) is 5.75 Å². The lowest BCUT2D eigenvalue weighted by Crippen LogP contribution is -2.40. The van der Waals surface area contributed by atoms with Crippen LogP contribution in [0.2, 0.25) is 0 Å². The normalized spacial score (nSPS) is 10.8. The Labute approximate surface area is 162 Å². The summed E-state index contributed by atoms with van der Waals surface area (Å²) in [6.45, 7) is 1.36. The minimum atomic E-state index is -2.87. The highest BCUT2D eigenvalue weighted by atomic mass is 19.3. The Morgan fingerprint density at radius 3 is 2.39 bits per heavy atom. The first-order chi connectivity index (χ1) is 13.2. The number of likely N-dealkylation sites (N-methyl/N-ethyl adjacent to an activating group) is 1. The number of aryl methyl sites for hydroxylation is 2. The number of alkyl halides is 2. The Kier molecular flexibility index (Phi) is 7.45. The summed E-state index contributed by atoms with van der Waals surface area (Å²) in [5.41, 5.74) is 3.43. The van der Waals surface area contributed by atoms with E-state index in [4.69, 9.17) is 0 Å². The Hall–Kier alpha value is -3.00. The number of nitrogens with zero attached hydrogens (tertiary/aromatic N) is 1. The van der Waals surface area contributed by atoms with Gasteiger partial charge in [-0.1, -0.05) is 29.8 Å². The van der Waals surface area contributed by atoms with E-state index in [2.05, 4.69) is 15.4 Å². The average Bonchev–Trinajstić information content (AvgIpc) is 2.58. The van der Waals surface area contributed by atoms with Crippen molar-refractivity contribution in [1.82, 2.24) is 10.2 Å². The number of rotatable bonds is 7. The van der Waals surface area contributed by atoms with Gasteiger partial charge in [0.1, 0.15) is 5.75 Å². The lowest BCUT2D eigenvalue weighted by atomic mass is 10.1. The van der Waals surface area contributed by atoms with Crippen LogP contribution >= 0.6 is 0 Å². The number of hydrogen-bond acceptors (Lipinski definition) is 4. The van der Waals surface area contributed by atoms with Crippen LogP contribution in [0.15, 0.2) is 42.5 Å². The molecule has 6 nitrogen and oxygen atoms in total. The van der Waals surface area contributed by atoms with Crippen molar-refractivity contribution in [3.8, 4) is 5.75 Å². The minimum absolute atomic E-state index is 0.00438. The van der Waals surface area contributed by atoms with Crippen LogP contribution in [0.1, 0.15) is 16.7 Å². The number of carbonyl (C=O) groups excluding carboxylic acids is 2. The second-order valence-electron chi connectivity index (χ2n) is 6.52. The van der Waals surface area contributed by atoms with Gasteiger partial charge < -0.3 is 10.1 Å². The van der Waals surface area contributed by atoms with Crippen LogP contribution in [-0.4, -0.2) is 37.0 Å². The van der Waals surface area contributed by atoms with E-state index in [1.807, 2.05) is 26.0 Å². The van der Waals surface area contributed by atoms with Gasteiger partial charge in [-0.15, -0.1) is 0 Å². The molecule has 2 rings (SSSR count). The van der Waals surface area contributed by atoms with Gasteiger partial charge in [0.25, 0.3) is 0 Å². The molecule has 28 heavy (non-hydrogen) atoms. The second kappa shape index (κ2) is 9.80. The van der Waals surface area contributed by atoms with Gasteiger partial charge in [0.05, 0.1) is 6.54 Å². The van der Waals surface area contributed by atoms with E-state index in [1.54, 1.807) is 30.1 Å². The quantitative estimate of drug-likeness (QED) is 0.755. The number of halogens is 2. The molecule has 0 aliphatic rings. The van der Waals surface area contributed by atoms with Crippen molar-refractivity contribution in [2.75, 3.05) is 18.9 Å². The summed E-state index contributed by atoms with van der Waals surface area (Å²) in [7, 11) is 1.71. The number of benzene rings is 2. The zero-order chi connectivity index (χ0) is 20.7. The van der Waals surface area contributed by atoms with Crippen LogP contribution in [0, 0.1) is 13.8 Å². The standard InChI is InChI=1S/C20H23F2N3O3/c1-13-4-9-17(14(2)10-13)23-20(27)24-18(26)12-25(3)11-15-5-7-16(8-6-15)28-19(21)22/h4-10,19H,11-12H2,1-3H3,(H2,23,24,26,27). The van der Waals surface area contributed by atoms with Crippen molar-refractivity contribution in [3.05, 3.63) is 59.2 Å². The fourth-order valence-corrected chi connectivity index (χ4v) is 2.66. The maximum Gasteiger partial charge on any atom is 0.387 e. The zero-order valence-electron chi connectivity index (χ0n) is 16.0. The SMILES string of the molecule is Cc1ccc(NC(=O)NC(=O)CN(C)Cc2ccc(OC(F)F)cc2)c(C)c1. The predicted octanol–water partition coefficient (Wildman–Crippen LogP) is 3.68. The summed E-state index contributed by atoms with van der Waals surface area (Å²) in [5, 5.41) is 4.93. The van der Waals surface area contributed by atoms with Gasteiger partial charge in [-0.25, -0.2) is 4.79 Å². The molecular formula is C20H23F2N3O3. The van der Waals surface area contributed by atoms with Crippen molar-refractivity contribution >= 4 is 17.6 Å². The molecule has 2 aromatic carbocycles. The van der Waals surface area contributed by atoms with Gasteiger partial charge in [0.15, 0.2) is 0 Å². The number of anilines is 1. The van der Waals surface area contributed by atoms with Gasteiger partial charge in [-0.3, -0.25) is 15.0 Å². The number of carbonyl (C=O) groups is 2. The van der Waals surface area contributed by atoms with E-state index in [0.717, 1.165) is 16.7 Å². The molecule has 0 heterocycles. The molecule has 0 bridgehead atoms. The molecular weight excluding hydrogens is 368 g/mol. The number of ether oxygens (including phenoxy) is 1. The number of amides is 3. The number of urea groups is 1. The smallest absolute Gasteiger partial charge is 0.387 e. The number of hydrogen-bond donors (Lipinski definition) is 2. The highest BCUT2D eigenvalue weighted by Gasteiger charge is 2.12. The van der Waals surface area contributed by atoms with E-state index in [-0.39, 0.29) is 12.3 Å². The Bertz CT molecular complexity index is 826. The molecule has 0 saturated heterocycles. The molecule has 2 aromatic rings. The second-order valence-corrected chi connectivity index (χ2v) is 6.52. The molecule has 8 heteroatoms. The van der Waals surface area contributed by atoms with Crippen LogP contribution in [0.4, 0.5) is 19.3 Å². The fraction of sp³-hybridized carbons (Fsp3) is 0.300. The van der Waals surface area contributed by atoms with E-state index in [9.17, 15) is 18.4 Å². The maximum atomic E-state index is 12.1. The van der Waals surface area contributed by atoms with Crippen molar-refractivity contribution < 1.29 is 23.1 Å². The van der Waals surface area contributed by atoms with Gasteiger partial charge in [0, 0.05) is 12.2 Å². The maximum absolute atomic E-state index is 12.1. The number of imide groups is 1. The van der Waals surface area contributed by atoms with Crippen LogP contribution in [0.3, 0.4) is 0 Å². The van der Waals surface area contributed by atoms with E-state index >= 15 is 0 Å². The molecule has 0 aromatic heterocycles. The van der Waals surface area contributed by atoms with Crippen molar-refractivity contribution in [2.24, 2.45) is 0 Å². The monoisotopic (exact) mass is 391 g/mol. The first-order valence-corrected chi connectivity index (χ1v) is 8.63. The summed E-state index contributed by atoms with van der Waals surface area (Å²) in [6.07, 6.45) is 0. The summed E-state index contributed by atoms with van der Waals surface area (Å²) < 4.78 is 28.6. The molecule has 0 spiro atoms. The summed E-state index contributed by atoms with van der Waals surface area (Å²) in [6, 6.07) is 11.1. The number of nitrogens with one attached hydrogen (secondary N) is 2. The molecule has 0 unspecified atom stereocenters. The summed E-state index contributed by atoms with van der Waals surface area (Å²) >= 11 is 0. The van der Waals surface area contributed by atoms with E-state index in [0.29, 0.717) is 12.2 Å². The van der Waals surface area contributed by atoms with Gasteiger partial charge in [-0.2, -0.15) is 8.78 Å².